The maximum Gasteiger partial charge on any atom is 0.293 e. The minimum absolute atomic E-state index is 0.254. The molecule has 0 N–H and O–H groups in total. The van der Waals surface area contributed by atoms with Crippen LogP contribution in [0.2, 0.25) is 5.02 Å². The van der Waals surface area contributed by atoms with Crippen LogP contribution in [0.15, 0.2) is 82.2 Å². The molecule has 0 spiro atoms. The second kappa shape index (κ2) is 9.73. The molecule has 0 atom stereocenters. The molecule has 0 aliphatic carbocycles. The molecule has 0 bridgehead atoms. The van der Waals surface area contributed by atoms with Crippen LogP contribution in [0.25, 0.3) is 6.08 Å². The molecule has 1 aliphatic rings. The van der Waals surface area contributed by atoms with Crippen LogP contribution in [0, 0.1) is 0 Å². The number of hydrogen-bond donors (Lipinski definition) is 0. The number of benzene rings is 3. The normalized spacial score (nSPS) is 15.0. The van der Waals surface area contributed by atoms with E-state index in [1.54, 1.807) is 6.08 Å². The fraction of sp³-hybridized carbons (Fsp3) is 0.0833. The molecule has 0 radical (unpaired) electrons. The van der Waals surface area contributed by atoms with Crippen LogP contribution in [0.3, 0.4) is 0 Å². The Labute approximate surface area is 198 Å². The summed E-state index contributed by atoms with van der Waals surface area (Å²) in [6.45, 7) is 0.623. The van der Waals surface area contributed by atoms with Gasteiger partial charge in [0, 0.05) is 15.1 Å². The topological polar surface area (TPSA) is 46.6 Å². The number of hydrogen-bond acceptors (Lipinski definition) is 4. The number of ether oxygens (including phenoxy) is 1. The van der Waals surface area contributed by atoms with Crippen molar-refractivity contribution < 1.29 is 14.3 Å². The second-order valence-corrected chi connectivity index (χ2v) is 9.16. The molecule has 4 nitrogen and oxygen atoms in total. The number of imide groups is 1. The fourth-order valence-electron chi connectivity index (χ4n) is 3.00. The van der Waals surface area contributed by atoms with E-state index in [4.69, 9.17) is 16.3 Å². The molecule has 2 amide bonds. The Kier molecular flexibility index (Phi) is 6.80. The van der Waals surface area contributed by atoms with Crippen molar-refractivity contribution in [3.63, 3.8) is 0 Å². The van der Waals surface area contributed by atoms with Gasteiger partial charge in [0.15, 0.2) is 0 Å². The molecule has 31 heavy (non-hydrogen) atoms. The van der Waals surface area contributed by atoms with E-state index in [9.17, 15) is 9.59 Å². The third-order valence-electron chi connectivity index (χ3n) is 4.66. The summed E-state index contributed by atoms with van der Waals surface area (Å²) in [6.07, 6.45) is 1.73. The molecule has 7 heteroatoms. The SMILES string of the molecule is O=C1S/C(=C\c2ccc(OCc3ccccc3Cl)cc2)C(=O)N1Cc1ccc(Br)cc1. The van der Waals surface area contributed by atoms with Gasteiger partial charge < -0.3 is 4.74 Å². The first-order valence-electron chi connectivity index (χ1n) is 9.46. The summed E-state index contributed by atoms with van der Waals surface area (Å²) in [4.78, 5) is 26.7. The van der Waals surface area contributed by atoms with Crippen molar-refractivity contribution in [1.29, 1.82) is 0 Å². The van der Waals surface area contributed by atoms with Crippen LogP contribution in [0.4, 0.5) is 4.79 Å². The first-order valence-corrected chi connectivity index (χ1v) is 11.4. The Morgan fingerprint density at radius 1 is 0.968 bits per heavy atom. The average Bonchev–Trinajstić information content (AvgIpc) is 3.03. The Bertz CT molecular complexity index is 1150. The van der Waals surface area contributed by atoms with Crippen LogP contribution in [0.1, 0.15) is 16.7 Å². The molecular formula is C24H17BrClNO3S. The number of amides is 2. The molecule has 1 fully saturated rings. The molecule has 1 aliphatic heterocycles. The second-order valence-electron chi connectivity index (χ2n) is 6.84. The maximum atomic E-state index is 12.7. The number of rotatable bonds is 6. The van der Waals surface area contributed by atoms with Gasteiger partial charge in [-0.3, -0.25) is 14.5 Å². The maximum absolute atomic E-state index is 12.7. The number of nitrogens with zero attached hydrogens (tertiary/aromatic N) is 1. The van der Waals surface area contributed by atoms with Crippen LogP contribution in [-0.2, 0) is 17.9 Å². The zero-order chi connectivity index (χ0) is 21.8. The summed E-state index contributed by atoms with van der Waals surface area (Å²) in [5, 5.41) is 0.400. The summed E-state index contributed by atoms with van der Waals surface area (Å²) in [5.41, 5.74) is 2.62. The van der Waals surface area contributed by atoms with Gasteiger partial charge in [-0.1, -0.05) is 70.0 Å². The van der Waals surface area contributed by atoms with Gasteiger partial charge in [-0.25, -0.2) is 0 Å². The van der Waals surface area contributed by atoms with Crippen molar-refractivity contribution in [3.8, 4) is 5.75 Å². The fourth-order valence-corrected chi connectivity index (χ4v) is 4.29. The molecule has 4 rings (SSSR count). The van der Waals surface area contributed by atoms with E-state index in [0.29, 0.717) is 22.3 Å². The average molecular weight is 515 g/mol. The number of carbonyl (C=O) groups is 2. The van der Waals surface area contributed by atoms with E-state index < -0.39 is 0 Å². The summed E-state index contributed by atoms with van der Waals surface area (Å²) in [6, 6.07) is 22.4. The van der Waals surface area contributed by atoms with E-state index in [2.05, 4.69) is 15.9 Å². The lowest BCUT2D eigenvalue weighted by molar-refractivity contribution is -0.123. The predicted molar refractivity (Wildman–Crippen MR) is 128 cm³/mol. The number of carbonyl (C=O) groups excluding carboxylic acids is 2. The van der Waals surface area contributed by atoms with Crippen molar-refractivity contribution in [1.82, 2.24) is 4.90 Å². The third-order valence-corrected chi connectivity index (χ3v) is 6.46. The van der Waals surface area contributed by atoms with Crippen molar-refractivity contribution in [3.05, 3.63) is 104 Å². The zero-order valence-electron chi connectivity index (χ0n) is 16.3. The molecule has 0 unspecified atom stereocenters. The predicted octanol–water partition coefficient (Wildman–Crippen LogP) is 6.92. The Balaban J connectivity index is 1.41. The van der Waals surface area contributed by atoms with Crippen molar-refractivity contribution in [2.24, 2.45) is 0 Å². The lowest BCUT2D eigenvalue weighted by atomic mass is 10.2. The third kappa shape index (κ3) is 5.39. The molecule has 0 saturated carbocycles. The summed E-state index contributed by atoms with van der Waals surface area (Å²) >= 11 is 10.5. The largest absolute Gasteiger partial charge is 0.489 e. The molecule has 3 aromatic carbocycles. The standard InChI is InChI=1S/C24H17BrClNO3S/c25-19-9-5-17(6-10-19)14-27-23(28)22(31-24(27)29)13-16-7-11-20(12-8-16)30-15-18-3-1-2-4-21(18)26/h1-13H,14-15H2/b22-13-. The minimum atomic E-state index is -0.281. The van der Waals surface area contributed by atoms with E-state index >= 15 is 0 Å². The molecule has 0 aromatic heterocycles. The van der Waals surface area contributed by atoms with E-state index in [0.717, 1.165) is 32.9 Å². The summed E-state index contributed by atoms with van der Waals surface area (Å²) in [5.74, 6) is 0.414. The van der Waals surface area contributed by atoms with Crippen LogP contribution in [-0.4, -0.2) is 16.0 Å². The summed E-state index contributed by atoms with van der Waals surface area (Å²) in [7, 11) is 0. The first kappa shape index (κ1) is 21.7. The lowest BCUT2D eigenvalue weighted by Gasteiger charge is -2.12. The zero-order valence-corrected chi connectivity index (χ0v) is 19.4. The van der Waals surface area contributed by atoms with Crippen molar-refractivity contribution in [2.75, 3.05) is 0 Å². The van der Waals surface area contributed by atoms with E-state index in [1.165, 1.54) is 4.90 Å². The van der Waals surface area contributed by atoms with Crippen LogP contribution in [0.5, 0.6) is 5.75 Å². The van der Waals surface area contributed by atoms with Crippen molar-refractivity contribution in [2.45, 2.75) is 13.2 Å². The highest BCUT2D eigenvalue weighted by Gasteiger charge is 2.34. The van der Waals surface area contributed by atoms with Gasteiger partial charge in [0.25, 0.3) is 11.1 Å². The molecular weight excluding hydrogens is 498 g/mol. The highest BCUT2D eigenvalue weighted by molar-refractivity contribution is 9.10. The van der Waals surface area contributed by atoms with Gasteiger partial charge in [0.05, 0.1) is 11.4 Å². The van der Waals surface area contributed by atoms with Gasteiger partial charge in [0.1, 0.15) is 12.4 Å². The van der Waals surface area contributed by atoms with Gasteiger partial charge in [-0.2, -0.15) is 0 Å². The highest BCUT2D eigenvalue weighted by Crippen LogP contribution is 2.33. The molecule has 1 saturated heterocycles. The minimum Gasteiger partial charge on any atom is -0.489 e. The number of thioether (sulfide) groups is 1. The smallest absolute Gasteiger partial charge is 0.293 e. The molecule has 1 heterocycles. The van der Waals surface area contributed by atoms with Gasteiger partial charge in [-0.15, -0.1) is 0 Å². The van der Waals surface area contributed by atoms with Crippen LogP contribution < -0.4 is 4.74 Å². The van der Waals surface area contributed by atoms with Crippen LogP contribution >= 0.6 is 39.3 Å². The molecule has 156 valence electrons. The summed E-state index contributed by atoms with van der Waals surface area (Å²) < 4.78 is 6.73. The monoisotopic (exact) mass is 513 g/mol. The van der Waals surface area contributed by atoms with E-state index in [1.807, 2.05) is 72.8 Å². The van der Waals surface area contributed by atoms with Crippen molar-refractivity contribution >= 4 is 56.5 Å². The molecule has 3 aromatic rings. The Morgan fingerprint density at radius 2 is 1.68 bits per heavy atom. The lowest BCUT2D eigenvalue weighted by Crippen LogP contribution is -2.27. The van der Waals surface area contributed by atoms with Gasteiger partial charge >= 0.3 is 0 Å². The van der Waals surface area contributed by atoms with E-state index in [-0.39, 0.29) is 17.7 Å². The van der Waals surface area contributed by atoms with Gasteiger partial charge in [0.2, 0.25) is 0 Å². The number of halogens is 2. The Hall–Kier alpha value is -2.54. The quantitative estimate of drug-likeness (QED) is 0.335. The highest BCUT2D eigenvalue weighted by atomic mass is 79.9. The first-order chi connectivity index (χ1) is 15.0. The Morgan fingerprint density at radius 3 is 2.39 bits per heavy atom. The van der Waals surface area contributed by atoms with Gasteiger partial charge in [-0.05, 0) is 59.3 Å².